The van der Waals surface area contributed by atoms with Crippen LogP contribution in [-0.4, -0.2) is 15.6 Å². The van der Waals surface area contributed by atoms with Gasteiger partial charge in [-0.15, -0.1) is 0 Å². The van der Waals surface area contributed by atoms with E-state index in [0.717, 1.165) is 0 Å². The average Bonchev–Trinajstić information content (AvgIpc) is 2.65. The summed E-state index contributed by atoms with van der Waals surface area (Å²) >= 11 is 12.1. The van der Waals surface area contributed by atoms with Crippen LogP contribution < -0.4 is 0 Å². The second-order valence-corrected chi connectivity index (χ2v) is 4.95. The molecule has 0 saturated heterocycles. The third kappa shape index (κ3) is 2.16. The maximum atomic E-state index is 12.4. The van der Waals surface area contributed by atoms with Gasteiger partial charge in [-0.3, -0.25) is 9.48 Å². The lowest BCUT2D eigenvalue weighted by Crippen LogP contribution is -2.04. The fraction of sp³-hybridized carbons (Fsp3) is 0.231. The number of aromatic nitrogens is 2. The van der Waals surface area contributed by atoms with E-state index in [-0.39, 0.29) is 5.78 Å². The molecule has 3 nitrogen and oxygen atoms in total. The van der Waals surface area contributed by atoms with Crippen molar-refractivity contribution in [3.63, 3.8) is 0 Å². The van der Waals surface area contributed by atoms with Crippen LogP contribution in [0.1, 0.15) is 27.2 Å². The molecule has 1 aromatic carbocycles. The number of aryl methyl sites for hydroxylation is 2. The molecule has 2 aromatic rings. The molecule has 0 aliphatic rings. The van der Waals surface area contributed by atoms with Gasteiger partial charge in [-0.1, -0.05) is 23.2 Å². The molecule has 0 aliphatic carbocycles. The largest absolute Gasteiger partial charge is 0.288 e. The van der Waals surface area contributed by atoms with Crippen molar-refractivity contribution in [1.82, 2.24) is 9.78 Å². The predicted octanol–water partition coefficient (Wildman–Crippen LogP) is 3.57. The zero-order valence-corrected chi connectivity index (χ0v) is 11.8. The van der Waals surface area contributed by atoms with Crippen LogP contribution >= 0.6 is 23.2 Å². The topological polar surface area (TPSA) is 34.9 Å². The summed E-state index contributed by atoms with van der Waals surface area (Å²) in [5, 5.41) is 5.11. The SMILES string of the molecule is Cc1nn(C)cc1C(=O)c1ccc(Cl)c(C)c1Cl. The van der Waals surface area contributed by atoms with E-state index in [1.165, 1.54) is 0 Å². The first-order chi connectivity index (χ1) is 8.41. The van der Waals surface area contributed by atoms with Gasteiger partial charge in [0.2, 0.25) is 0 Å². The van der Waals surface area contributed by atoms with Crippen LogP contribution in [0, 0.1) is 13.8 Å². The maximum Gasteiger partial charge on any atom is 0.197 e. The summed E-state index contributed by atoms with van der Waals surface area (Å²) in [5.74, 6) is -0.134. The molecule has 18 heavy (non-hydrogen) atoms. The van der Waals surface area contributed by atoms with Gasteiger partial charge < -0.3 is 0 Å². The van der Waals surface area contributed by atoms with Gasteiger partial charge in [0.15, 0.2) is 5.78 Å². The molecule has 94 valence electrons. The van der Waals surface area contributed by atoms with Crippen LogP contribution in [-0.2, 0) is 7.05 Å². The quantitative estimate of drug-likeness (QED) is 0.790. The van der Waals surface area contributed by atoms with E-state index in [1.54, 1.807) is 43.9 Å². The van der Waals surface area contributed by atoms with Gasteiger partial charge in [0.25, 0.3) is 0 Å². The van der Waals surface area contributed by atoms with Crippen molar-refractivity contribution in [1.29, 1.82) is 0 Å². The van der Waals surface area contributed by atoms with E-state index < -0.39 is 0 Å². The molecular formula is C13H12Cl2N2O. The highest BCUT2D eigenvalue weighted by Crippen LogP contribution is 2.29. The van der Waals surface area contributed by atoms with E-state index in [9.17, 15) is 4.79 Å². The van der Waals surface area contributed by atoms with Crippen LogP contribution in [0.2, 0.25) is 10.0 Å². The van der Waals surface area contributed by atoms with Crippen molar-refractivity contribution in [2.75, 3.05) is 0 Å². The minimum atomic E-state index is -0.134. The Hall–Kier alpha value is -1.32. The first-order valence-corrected chi connectivity index (χ1v) is 6.17. The van der Waals surface area contributed by atoms with Gasteiger partial charge >= 0.3 is 0 Å². The van der Waals surface area contributed by atoms with E-state index >= 15 is 0 Å². The first kappa shape index (κ1) is 13.1. The molecule has 0 unspecified atom stereocenters. The molecule has 2 rings (SSSR count). The molecule has 0 amide bonds. The summed E-state index contributed by atoms with van der Waals surface area (Å²) in [4.78, 5) is 12.4. The highest BCUT2D eigenvalue weighted by Gasteiger charge is 2.19. The standard InChI is InChI=1S/C13H12Cl2N2O/c1-7-11(14)5-4-9(12(7)15)13(18)10-6-17(3)16-8(10)2/h4-6H,1-3H3. The fourth-order valence-electron chi connectivity index (χ4n) is 1.80. The summed E-state index contributed by atoms with van der Waals surface area (Å²) in [5.41, 5.74) is 2.41. The molecule has 0 aliphatic heterocycles. The number of carbonyl (C=O) groups excluding carboxylic acids is 1. The van der Waals surface area contributed by atoms with Gasteiger partial charge in [0.1, 0.15) is 0 Å². The number of carbonyl (C=O) groups is 1. The zero-order valence-electron chi connectivity index (χ0n) is 10.3. The third-order valence-electron chi connectivity index (χ3n) is 2.82. The third-order valence-corrected chi connectivity index (χ3v) is 3.72. The Balaban J connectivity index is 2.53. The first-order valence-electron chi connectivity index (χ1n) is 5.41. The number of hydrogen-bond donors (Lipinski definition) is 0. The van der Waals surface area contributed by atoms with Gasteiger partial charge in [-0.05, 0) is 31.5 Å². The van der Waals surface area contributed by atoms with Crippen molar-refractivity contribution in [3.8, 4) is 0 Å². The number of nitrogens with zero attached hydrogens (tertiary/aromatic N) is 2. The normalized spacial score (nSPS) is 10.7. The summed E-state index contributed by atoms with van der Waals surface area (Å²) in [6.45, 7) is 3.58. The average molecular weight is 283 g/mol. The summed E-state index contributed by atoms with van der Waals surface area (Å²) < 4.78 is 1.61. The molecule has 0 N–H and O–H groups in total. The van der Waals surface area contributed by atoms with Crippen LogP contribution in [0.3, 0.4) is 0 Å². The Morgan fingerprint density at radius 2 is 1.89 bits per heavy atom. The van der Waals surface area contributed by atoms with Crippen molar-refractivity contribution in [2.45, 2.75) is 13.8 Å². The number of ketones is 1. The lowest BCUT2D eigenvalue weighted by Gasteiger charge is -2.07. The number of hydrogen-bond acceptors (Lipinski definition) is 2. The minimum Gasteiger partial charge on any atom is -0.288 e. The van der Waals surface area contributed by atoms with Crippen molar-refractivity contribution >= 4 is 29.0 Å². The van der Waals surface area contributed by atoms with E-state index in [4.69, 9.17) is 23.2 Å². The van der Waals surface area contributed by atoms with Crippen molar-refractivity contribution < 1.29 is 4.79 Å². The Morgan fingerprint density at radius 3 is 2.44 bits per heavy atom. The molecule has 1 aromatic heterocycles. The second-order valence-electron chi connectivity index (χ2n) is 4.16. The molecular weight excluding hydrogens is 271 g/mol. The van der Waals surface area contributed by atoms with Crippen LogP contribution in [0.15, 0.2) is 18.3 Å². The zero-order chi connectivity index (χ0) is 13.4. The Bertz CT molecular complexity index is 632. The molecule has 0 atom stereocenters. The van der Waals surface area contributed by atoms with Gasteiger partial charge in [-0.2, -0.15) is 5.10 Å². The molecule has 0 fully saturated rings. The van der Waals surface area contributed by atoms with Crippen LogP contribution in [0.25, 0.3) is 0 Å². The maximum absolute atomic E-state index is 12.4. The minimum absolute atomic E-state index is 0.134. The Kier molecular flexibility index (Phi) is 3.46. The lowest BCUT2D eigenvalue weighted by molar-refractivity contribution is 0.103. The van der Waals surface area contributed by atoms with Crippen molar-refractivity contribution in [2.24, 2.45) is 7.05 Å². The van der Waals surface area contributed by atoms with Crippen LogP contribution in [0.4, 0.5) is 0 Å². The Labute approximate surface area is 115 Å². The monoisotopic (exact) mass is 282 g/mol. The van der Waals surface area contributed by atoms with Gasteiger partial charge in [0, 0.05) is 23.8 Å². The van der Waals surface area contributed by atoms with E-state index in [2.05, 4.69) is 5.10 Å². The smallest absolute Gasteiger partial charge is 0.197 e. The highest BCUT2D eigenvalue weighted by molar-refractivity contribution is 6.38. The number of benzene rings is 1. The molecule has 0 radical (unpaired) electrons. The second kappa shape index (κ2) is 4.75. The van der Waals surface area contributed by atoms with Gasteiger partial charge in [0.05, 0.1) is 16.3 Å². The molecule has 5 heteroatoms. The predicted molar refractivity (Wildman–Crippen MR) is 72.6 cm³/mol. The molecule has 0 spiro atoms. The van der Waals surface area contributed by atoms with Crippen molar-refractivity contribution in [3.05, 3.63) is 50.8 Å². The summed E-state index contributed by atoms with van der Waals surface area (Å²) in [6, 6.07) is 3.33. The molecule has 1 heterocycles. The Morgan fingerprint density at radius 1 is 1.22 bits per heavy atom. The summed E-state index contributed by atoms with van der Waals surface area (Å²) in [7, 11) is 1.78. The highest BCUT2D eigenvalue weighted by atomic mass is 35.5. The fourth-order valence-corrected chi connectivity index (χ4v) is 2.26. The van der Waals surface area contributed by atoms with E-state index in [1.807, 2.05) is 0 Å². The van der Waals surface area contributed by atoms with Gasteiger partial charge in [-0.25, -0.2) is 0 Å². The molecule has 0 bridgehead atoms. The van der Waals surface area contributed by atoms with E-state index in [0.29, 0.717) is 32.4 Å². The number of rotatable bonds is 2. The van der Waals surface area contributed by atoms with Crippen LogP contribution in [0.5, 0.6) is 0 Å². The summed E-state index contributed by atoms with van der Waals surface area (Å²) in [6.07, 6.45) is 1.69. The number of halogens is 2. The molecule has 0 saturated carbocycles. The lowest BCUT2D eigenvalue weighted by atomic mass is 10.0.